The minimum absolute atomic E-state index is 0.156. The summed E-state index contributed by atoms with van der Waals surface area (Å²) in [6, 6.07) is 0. The van der Waals surface area contributed by atoms with Crippen molar-refractivity contribution in [1.82, 2.24) is 10.6 Å². The Kier molecular flexibility index (Phi) is 2.00. The largest absolute Gasteiger partial charge is 0.286 e. The van der Waals surface area contributed by atoms with E-state index in [0.717, 1.165) is 13.0 Å². The summed E-state index contributed by atoms with van der Waals surface area (Å²) < 4.78 is 0. The van der Waals surface area contributed by atoms with Crippen LogP contribution in [-0.4, -0.2) is 26.1 Å². The van der Waals surface area contributed by atoms with Crippen molar-refractivity contribution in [2.24, 2.45) is 4.99 Å². The van der Waals surface area contributed by atoms with Gasteiger partial charge in [0.25, 0.3) is 0 Å². The molecule has 2 N–H and O–H groups in total. The van der Waals surface area contributed by atoms with Gasteiger partial charge in [-0.1, -0.05) is 0 Å². The maximum absolute atomic E-state index is 4.10. The number of rotatable bonds is 1. The zero-order valence-electron chi connectivity index (χ0n) is 5.02. The Bertz CT molecular complexity index is 89.7. The molecule has 1 atom stereocenters. The smallest absolute Gasteiger partial charge is 0.152 e. The number of hydrogen-bond donors (Lipinski definition) is 2. The summed E-state index contributed by atoms with van der Waals surface area (Å²) in [4.78, 5) is 4.10. The Labute approximate surface area is 49.2 Å². The lowest BCUT2D eigenvalue weighted by molar-refractivity contribution is 0.467. The van der Waals surface area contributed by atoms with E-state index in [-0.39, 0.29) is 6.29 Å². The fourth-order valence-corrected chi connectivity index (χ4v) is 0.694. The molecule has 3 heteroatoms. The number of nitrogens with one attached hydrogen (secondary N) is 2. The molecular weight excluding hydrogens is 102 g/mol. The molecule has 0 aromatic heterocycles. The maximum Gasteiger partial charge on any atom is 0.152 e. The summed E-state index contributed by atoms with van der Waals surface area (Å²) in [5, 5.41) is 6.15. The van der Waals surface area contributed by atoms with E-state index in [1.54, 1.807) is 0 Å². The molecule has 8 heavy (non-hydrogen) atoms. The second kappa shape index (κ2) is 2.79. The third kappa shape index (κ3) is 1.28. The lowest BCUT2D eigenvalue weighted by atomic mass is 10.4. The molecule has 0 amide bonds. The molecule has 0 fully saturated rings. The van der Waals surface area contributed by atoms with Crippen LogP contribution in [0.3, 0.4) is 0 Å². The van der Waals surface area contributed by atoms with Gasteiger partial charge in [0.1, 0.15) is 0 Å². The quantitative estimate of drug-likeness (QED) is 0.483. The first-order valence-electron chi connectivity index (χ1n) is 2.86. The summed E-state index contributed by atoms with van der Waals surface area (Å²) in [5.74, 6) is 0. The van der Waals surface area contributed by atoms with Crippen molar-refractivity contribution in [1.29, 1.82) is 0 Å². The van der Waals surface area contributed by atoms with Crippen molar-refractivity contribution in [3.05, 3.63) is 0 Å². The van der Waals surface area contributed by atoms with Crippen molar-refractivity contribution in [2.75, 3.05) is 13.6 Å². The van der Waals surface area contributed by atoms with Crippen molar-refractivity contribution < 1.29 is 0 Å². The first kappa shape index (κ1) is 5.72. The predicted octanol–water partition coefficient (Wildman–Crippen LogP) is -0.447. The van der Waals surface area contributed by atoms with Crippen molar-refractivity contribution in [3.63, 3.8) is 0 Å². The first-order valence-corrected chi connectivity index (χ1v) is 2.86. The molecular formula is C5H11N3. The molecule has 0 saturated heterocycles. The predicted molar refractivity (Wildman–Crippen MR) is 34.0 cm³/mol. The zero-order valence-corrected chi connectivity index (χ0v) is 5.02. The van der Waals surface area contributed by atoms with Gasteiger partial charge in [0.15, 0.2) is 6.29 Å². The molecule has 0 aliphatic carbocycles. The van der Waals surface area contributed by atoms with Crippen molar-refractivity contribution in [3.8, 4) is 0 Å². The molecule has 0 bridgehead atoms. The highest BCUT2D eigenvalue weighted by Gasteiger charge is 2.01. The van der Waals surface area contributed by atoms with Crippen LogP contribution >= 0.6 is 0 Å². The van der Waals surface area contributed by atoms with E-state index in [2.05, 4.69) is 15.6 Å². The lowest BCUT2D eigenvalue weighted by Gasteiger charge is -2.15. The van der Waals surface area contributed by atoms with Crippen LogP contribution in [0, 0.1) is 0 Å². The standard InChI is InChI=1S/C5H11N3/c1-6-5-7-3-2-4-8-5/h3,5-6,8H,2,4H2,1H3. The number of aliphatic imine (C=N–C) groups is 1. The van der Waals surface area contributed by atoms with Crippen LogP contribution in [-0.2, 0) is 0 Å². The average Bonchev–Trinajstić information content (AvgIpc) is 1.90. The molecule has 0 saturated carbocycles. The Hall–Kier alpha value is -0.410. The highest BCUT2D eigenvalue weighted by Crippen LogP contribution is 1.85. The van der Waals surface area contributed by atoms with Crippen LogP contribution in [0.4, 0.5) is 0 Å². The molecule has 1 aliphatic heterocycles. The van der Waals surface area contributed by atoms with E-state index in [9.17, 15) is 0 Å². The SMILES string of the molecule is CNC1N=CCCN1. The van der Waals surface area contributed by atoms with Crippen LogP contribution in [0.25, 0.3) is 0 Å². The van der Waals surface area contributed by atoms with Gasteiger partial charge in [-0.2, -0.15) is 0 Å². The Morgan fingerprint density at radius 2 is 2.75 bits per heavy atom. The van der Waals surface area contributed by atoms with Gasteiger partial charge >= 0.3 is 0 Å². The topological polar surface area (TPSA) is 36.4 Å². The van der Waals surface area contributed by atoms with Gasteiger partial charge in [0, 0.05) is 12.8 Å². The Morgan fingerprint density at radius 1 is 1.88 bits per heavy atom. The van der Waals surface area contributed by atoms with Gasteiger partial charge in [-0.15, -0.1) is 0 Å². The van der Waals surface area contributed by atoms with Gasteiger partial charge in [0.2, 0.25) is 0 Å². The van der Waals surface area contributed by atoms with E-state index in [1.165, 1.54) is 0 Å². The molecule has 0 aromatic carbocycles. The second-order valence-electron chi connectivity index (χ2n) is 1.77. The van der Waals surface area contributed by atoms with Gasteiger partial charge in [0.05, 0.1) is 0 Å². The normalized spacial score (nSPS) is 28.4. The Balaban J connectivity index is 2.32. The molecule has 1 heterocycles. The molecule has 3 nitrogen and oxygen atoms in total. The summed E-state index contributed by atoms with van der Waals surface area (Å²) in [6.45, 7) is 1.04. The van der Waals surface area contributed by atoms with Crippen LogP contribution in [0.5, 0.6) is 0 Å². The zero-order chi connectivity index (χ0) is 5.82. The molecule has 46 valence electrons. The van der Waals surface area contributed by atoms with E-state index in [0.29, 0.717) is 0 Å². The summed E-state index contributed by atoms with van der Waals surface area (Å²) >= 11 is 0. The fraction of sp³-hybridized carbons (Fsp3) is 0.800. The van der Waals surface area contributed by atoms with Crippen molar-refractivity contribution >= 4 is 6.21 Å². The van der Waals surface area contributed by atoms with Crippen LogP contribution in [0.2, 0.25) is 0 Å². The first-order chi connectivity index (χ1) is 3.93. The second-order valence-corrected chi connectivity index (χ2v) is 1.77. The van der Waals surface area contributed by atoms with Gasteiger partial charge in [-0.3, -0.25) is 15.6 Å². The van der Waals surface area contributed by atoms with E-state index < -0.39 is 0 Å². The van der Waals surface area contributed by atoms with Gasteiger partial charge in [-0.05, 0) is 13.5 Å². The highest BCUT2D eigenvalue weighted by molar-refractivity contribution is 5.58. The molecule has 1 rings (SSSR count). The van der Waals surface area contributed by atoms with E-state index in [4.69, 9.17) is 0 Å². The van der Waals surface area contributed by atoms with Crippen LogP contribution in [0.1, 0.15) is 6.42 Å². The van der Waals surface area contributed by atoms with E-state index in [1.807, 2.05) is 13.3 Å². The molecule has 0 spiro atoms. The van der Waals surface area contributed by atoms with Crippen LogP contribution < -0.4 is 10.6 Å². The summed E-state index contributed by atoms with van der Waals surface area (Å²) in [6.07, 6.45) is 3.15. The third-order valence-electron chi connectivity index (χ3n) is 1.14. The van der Waals surface area contributed by atoms with Gasteiger partial charge in [-0.25, -0.2) is 0 Å². The number of nitrogens with zero attached hydrogens (tertiary/aromatic N) is 1. The molecule has 0 aromatic rings. The van der Waals surface area contributed by atoms with E-state index >= 15 is 0 Å². The summed E-state index contributed by atoms with van der Waals surface area (Å²) in [5.41, 5.74) is 0. The van der Waals surface area contributed by atoms with Gasteiger partial charge < -0.3 is 0 Å². The van der Waals surface area contributed by atoms with Crippen molar-refractivity contribution in [2.45, 2.75) is 12.7 Å². The Morgan fingerprint density at radius 3 is 3.12 bits per heavy atom. The molecule has 0 radical (unpaired) electrons. The number of hydrogen-bond acceptors (Lipinski definition) is 3. The molecule has 1 unspecified atom stereocenters. The highest BCUT2D eigenvalue weighted by atomic mass is 15.2. The summed E-state index contributed by atoms with van der Waals surface area (Å²) in [7, 11) is 1.89. The lowest BCUT2D eigenvalue weighted by Crippen LogP contribution is -2.41. The monoisotopic (exact) mass is 113 g/mol. The molecule has 1 aliphatic rings. The average molecular weight is 113 g/mol. The minimum atomic E-state index is 0.156. The third-order valence-corrected chi connectivity index (χ3v) is 1.14. The van der Waals surface area contributed by atoms with Crippen LogP contribution in [0.15, 0.2) is 4.99 Å². The minimum Gasteiger partial charge on any atom is -0.286 e. The fourth-order valence-electron chi connectivity index (χ4n) is 0.694. The maximum atomic E-state index is 4.10.